The molecule has 0 saturated heterocycles. The summed E-state index contributed by atoms with van der Waals surface area (Å²) in [5, 5.41) is 6.58. The Morgan fingerprint density at radius 1 is 0.815 bits per heavy atom. The maximum Gasteiger partial charge on any atom is 0.257 e. The van der Waals surface area contributed by atoms with E-state index in [1.54, 1.807) is 60.7 Å². The van der Waals surface area contributed by atoms with E-state index in [9.17, 15) is 9.59 Å². The average Bonchev–Trinajstić information content (AvgIpc) is 2.65. The van der Waals surface area contributed by atoms with Crippen LogP contribution in [0.15, 0.2) is 66.7 Å². The Morgan fingerprint density at radius 2 is 1.52 bits per heavy atom. The van der Waals surface area contributed by atoms with E-state index in [4.69, 9.17) is 23.2 Å². The van der Waals surface area contributed by atoms with Gasteiger partial charge in [0.25, 0.3) is 11.8 Å². The van der Waals surface area contributed by atoms with E-state index >= 15 is 0 Å². The number of amides is 2. The summed E-state index contributed by atoms with van der Waals surface area (Å²) >= 11 is 11.9. The van der Waals surface area contributed by atoms with Gasteiger partial charge in [-0.2, -0.15) is 0 Å². The van der Waals surface area contributed by atoms with Crippen LogP contribution in [0.4, 0.5) is 11.4 Å². The van der Waals surface area contributed by atoms with Gasteiger partial charge in [0.2, 0.25) is 0 Å². The Balaban J connectivity index is 1.78. The Kier molecular flexibility index (Phi) is 5.79. The molecule has 0 aliphatic carbocycles. The van der Waals surface area contributed by atoms with Gasteiger partial charge in [-0.25, -0.2) is 0 Å². The van der Waals surface area contributed by atoms with Crippen LogP contribution >= 0.6 is 23.2 Å². The van der Waals surface area contributed by atoms with Crippen LogP contribution in [-0.4, -0.2) is 11.8 Å². The topological polar surface area (TPSA) is 58.2 Å². The van der Waals surface area contributed by atoms with E-state index in [2.05, 4.69) is 10.6 Å². The maximum atomic E-state index is 12.4. The molecule has 2 N–H and O–H groups in total. The van der Waals surface area contributed by atoms with Gasteiger partial charge in [0.15, 0.2) is 0 Å². The van der Waals surface area contributed by atoms with Crippen LogP contribution in [0.2, 0.25) is 10.0 Å². The molecule has 3 aromatic carbocycles. The lowest BCUT2D eigenvalue weighted by Gasteiger charge is -2.12. The molecule has 0 bridgehead atoms. The van der Waals surface area contributed by atoms with Crippen LogP contribution in [-0.2, 0) is 0 Å². The van der Waals surface area contributed by atoms with Crippen molar-refractivity contribution in [2.45, 2.75) is 6.92 Å². The minimum absolute atomic E-state index is 0.260. The highest BCUT2D eigenvalue weighted by Gasteiger charge is 2.12. The zero-order valence-electron chi connectivity index (χ0n) is 14.4. The molecule has 0 heterocycles. The summed E-state index contributed by atoms with van der Waals surface area (Å²) in [5.74, 6) is -0.580. The molecule has 0 unspecified atom stereocenters. The van der Waals surface area contributed by atoms with Crippen molar-refractivity contribution in [2.75, 3.05) is 10.6 Å². The third-order valence-corrected chi connectivity index (χ3v) is 4.55. The van der Waals surface area contributed by atoms with Crippen molar-refractivity contribution in [1.82, 2.24) is 0 Å². The molecular formula is C21H16Cl2N2O2. The van der Waals surface area contributed by atoms with Gasteiger partial charge in [0, 0.05) is 22.0 Å². The molecule has 4 nitrogen and oxygen atoms in total. The highest BCUT2D eigenvalue weighted by atomic mass is 35.5. The van der Waals surface area contributed by atoms with Crippen molar-refractivity contribution in [3.8, 4) is 0 Å². The standard InChI is InChI=1S/C21H16Cl2N2O2/c1-13-6-11-16(24-21(27)17-4-2-3-5-18(17)23)12-19(13)25-20(26)14-7-9-15(22)10-8-14/h2-12H,1H3,(H,24,27)(H,25,26). The first-order valence-corrected chi connectivity index (χ1v) is 8.93. The Hall–Kier alpha value is -2.82. The Bertz CT molecular complexity index is 1000. The molecule has 0 aliphatic rings. The summed E-state index contributed by atoms with van der Waals surface area (Å²) in [6, 6.07) is 18.7. The van der Waals surface area contributed by atoms with Gasteiger partial charge in [-0.1, -0.05) is 41.4 Å². The number of carbonyl (C=O) groups excluding carboxylic acids is 2. The molecule has 0 radical (unpaired) electrons. The predicted octanol–water partition coefficient (Wildman–Crippen LogP) is 5.81. The minimum atomic E-state index is -0.320. The molecule has 3 aromatic rings. The van der Waals surface area contributed by atoms with Crippen molar-refractivity contribution in [3.63, 3.8) is 0 Å². The molecule has 0 saturated carbocycles. The van der Waals surface area contributed by atoms with E-state index in [0.29, 0.717) is 32.5 Å². The number of carbonyl (C=O) groups is 2. The van der Waals surface area contributed by atoms with Gasteiger partial charge in [0.05, 0.1) is 10.6 Å². The average molecular weight is 399 g/mol. The van der Waals surface area contributed by atoms with Gasteiger partial charge in [-0.3, -0.25) is 9.59 Å². The second-order valence-corrected chi connectivity index (χ2v) is 6.77. The van der Waals surface area contributed by atoms with Crippen molar-refractivity contribution < 1.29 is 9.59 Å². The van der Waals surface area contributed by atoms with Gasteiger partial charge < -0.3 is 10.6 Å². The summed E-state index contributed by atoms with van der Waals surface area (Å²) in [6.07, 6.45) is 0. The largest absolute Gasteiger partial charge is 0.322 e. The van der Waals surface area contributed by atoms with Gasteiger partial charge in [-0.05, 0) is 61.0 Å². The quantitative estimate of drug-likeness (QED) is 0.582. The number of rotatable bonds is 4. The summed E-state index contributed by atoms with van der Waals surface area (Å²) in [4.78, 5) is 24.8. The summed E-state index contributed by atoms with van der Waals surface area (Å²) in [5.41, 5.74) is 2.90. The maximum absolute atomic E-state index is 12.4. The molecule has 0 aliphatic heterocycles. The molecule has 3 rings (SSSR count). The molecule has 0 aromatic heterocycles. The van der Waals surface area contributed by atoms with E-state index in [0.717, 1.165) is 5.56 Å². The van der Waals surface area contributed by atoms with Gasteiger partial charge in [0.1, 0.15) is 0 Å². The third kappa shape index (κ3) is 4.67. The van der Waals surface area contributed by atoms with Gasteiger partial charge in [-0.15, -0.1) is 0 Å². The highest BCUT2D eigenvalue weighted by Crippen LogP contribution is 2.23. The molecule has 136 valence electrons. The molecule has 0 fully saturated rings. The first-order valence-electron chi connectivity index (χ1n) is 8.17. The Labute approximate surface area is 167 Å². The lowest BCUT2D eigenvalue weighted by Crippen LogP contribution is -2.15. The van der Waals surface area contributed by atoms with Crippen LogP contribution in [0.25, 0.3) is 0 Å². The SMILES string of the molecule is Cc1ccc(NC(=O)c2ccccc2Cl)cc1NC(=O)c1ccc(Cl)cc1. The fourth-order valence-electron chi connectivity index (χ4n) is 2.47. The summed E-state index contributed by atoms with van der Waals surface area (Å²) in [6.45, 7) is 1.87. The lowest BCUT2D eigenvalue weighted by atomic mass is 10.1. The fourth-order valence-corrected chi connectivity index (χ4v) is 2.82. The van der Waals surface area contributed by atoms with Crippen LogP contribution < -0.4 is 10.6 Å². The van der Waals surface area contributed by atoms with Crippen molar-refractivity contribution in [1.29, 1.82) is 0 Å². The zero-order valence-corrected chi connectivity index (χ0v) is 15.9. The first-order chi connectivity index (χ1) is 12.9. The van der Waals surface area contributed by atoms with Gasteiger partial charge >= 0.3 is 0 Å². The zero-order chi connectivity index (χ0) is 19.4. The van der Waals surface area contributed by atoms with Crippen molar-refractivity contribution in [3.05, 3.63) is 93.5 Å². The first kappa shape index (κ1) is 19.0. The summed E-state index contributed by atoms with van der Waals surface area (Å²) in [7, 11) is 0. The second-order valence-electron chi connectivity index (χ2n) is 5.92. The number of halogens is 2. The van der Waals surface area contributed by atoms with Crippen LogP contribution in [0.5, 0.6) is 0 Å². The van der Waals surface area contributed by atoms with E-state index in [-0.39, 0.29) is 11.8 Å². The molecule has 0 atom stereocenters. The van der Waals surface area contributed by atoms with E-state index in [1.165, 1.54) is 0 Å². The van der Waals surface area contributed by atoms with E-state index in [1.807, 2.05) is 13.0 Å². The number of benzene rings is 3. The number of nitrogens with one attached hydrogen (secondary N) is 2. The van der Waals surface area contributed by atoms with Crippen molar-refractivity contribution in [2.24, 2.45) is 0 Å². The number of aryl methyl sites for hydroxylation is 1. The molecular weight excluding hydrogens is 383 g/mol. The van der Waals surface area contributed by atoms with E-state index < -0.39 is 0 Å². The molecule has 2 amide bonds. The highest BCUT2D eigenvalue weighted by molar-refractivity contribution is 6.34. The number of hydrogen-bond donors (Lipinski definition) is 2. The van der Waals surface area contributed by atoms with Crippen molar-refractivity contribution >= 4 is 46.4 Å². The number of anilines is 2. The second kappa shape index (κ2) is 8.25. The smallest absolute Gasteiger partial charge is 0.257 e. The normalized spacial score (nSPS) is 10.3. The molecule has 6 heteroatoms. The fraction of sp³-hybridized carbons (Fsp3) is 0.0476. The van der Waals surface area contributed by atoms with Crippen LogP contribution in [0.3, 0.4) is 0 Å². The molecule has 0 spiro atoms. The predicted molar refractivity (Wildman–Crippen MR) is 110 cm³/mol. The Morgan fingerprint density at radius 3 is 2.22 bits per heavy atom. The monoisotopic (exact) mass is 398 g/mol. The lowest BCUT2D eigenvalue weighted by molar-refractivity contribution is 0.101. The molecule has 27 heavy (non-hydrogen) atoms. The van der Waals surface area contributed by atoms with Crippen LogP contribution in [0.1, 0.15) is 26.3 Å². The van der Waals surface area contributed by atoms with Crippen LogP contribution in [0, 0.1) is 6.92 Å². The number of hydrogen-bond acceptors (Lipinski definition) is 2. The summed E-state index contributed by atoms with van der Waals surface area (Å²) < 4.78 is 0. The third-order valence-electron chi connectivity index (χ3n) is 3.97. The minimum Gasteiger partial charge on any atom is -0.322 e.